The molecule has 1 aromatic carbocycles. The van der Waals surface area contributed by atoms with Crippen molar-refractivity contribution in [1.82, 2.24) is 4.90 Å². The first-order valence-corrected chi connectivity index (χ1v) is 6.73. The highest BCUT2D eigenvalue weighted by Gasteiger charge is 2.25. The summed E-state index contributed by atoms with van der Waals surface area (Å²) in [5.74, 6) is -1.09. The molecule has 1 N–H and O–H groups in total. The van der Waals surface area contributed by atoms with Gasteiger partial charge in [0.25, 0.3) is 0 Å². The van der Waals surface area contributed by atoms with Crippen molar-refractivity contribution in [2.45, 2.75) is 46.7 Å². The van der Waals surface area contributed by atoms with Gasteiger partial charge in [-0.05, 0) is 33.3 Å². The van der Waals surface area contributed by atoms with Gasteiger partial charge in [-0.2, -0.15) is 0 Å². The van der Waals surface area contributed by atoms with Crippen LogP contribution < -0.4 is 0 Å². The molecule has 3 nitrogen and oxygen atoms in total. The molecule has 1 rings (SSSR count). The molecule has 1 unspecified atom stereocenters. The molecular formula is C16H25NO2. The van der Waals surface area contributed by atoms with Crippen molar-refractivity contribution in [2.75, 3.05) is 6.54 Å². The molecule has 3 heteroatoms. The second-order valence-electron chi connectivity index (χ2n) is 6.28. The molecule has 0 aliphatic rings. The maximum absolute atomic E-state index is 11.0. The van der Waals surface area contributed by atoms with E-state index >= 15 is 0 Å². The topological polar surface area (TPSA) is 40.5 Å². The van der Waals surface area contributed by atoms with Crippen LogP contribution in [0.4, 0.5) is 0 Å². The summed E-state index contributed by atoms with van der Waals surface area (Å²) in [5.41, 5.74) is 2.41. The number of benzene rings is 1. The standard InChI is InChI=1S/C16H25NO2/c1-12-6-8-14(9-7-12)11-17(16(3,4)5)10-13(2)15(18)19/h6-9,13H,10-11H2,1-5H3,(H,18,19). The summed E-state index contributed by atoms with van der Waals surface area (Å²) in [7, 11) is 0. The molecule has 1 aromatic rings. The zero-order valence-corrected chi connectivity index (χ0v) is 12.6. The number of aryl methyl sites for hydroxylation is 1. The lowest BCUT2D eigenvalue weighted by Crippen LogP contribution is -2.44. The van der Waals surface area contributed by atoms with Gasteiger partial charge in [-0.25, -0.2) is 0 Å². The Balaban J connectivity index is 2.81. The van der Waals surface area contributed by atoms with Crippen molar-refractivity contribution >= 4 is 5.97 Å². The normalized spacial score (nSPS) is 13.6. The molecule has 0 aromatic heterocycles. The van der Waals surface area contributed by atoms with E-state index in [2.05, 4.69) is 56.9 Å². The van der Waals surface area contributed by atoms with Crippen LogP contribution in [0, 0.1) is 12.8 Å². The molecule has 106 valence electrons. The van der Waals surface area contributed by atoms with Crippen LogP contribution >= 0.6 is 0 Å². The van der Waals surface area contributed by atoms with E-state index in [0.717, 1.165) is 6.54 Å². The monoisotopic (exact) mass is 263 g/mol. The minimum atomic E-state index is -0.738. The number of hydrogen-bond donors (Lipinski definition) is 1. The Labute approximate surface area is 116 Å². The minimum absolute atomic E-state index is 0.0470. The molecule has 0 amide bonds. The van der Waals surface area contributed by atoms with Gasteiger partial charge in [0.05, 0.1) is 5.92 Å². The maximum Gasteiger partial charge on any atom is 0.307 e. The van der Waals surface area contributed by atoms with Gasteiger partial charge in [0.1, 0.15) is 0 Å². The summed E-state index contributed by atoms with van der Waals surface area (Å²) in [5, 5.41) is 9.07. The minimum Gasteiger partial charge on any atom is -0.481 e. The van der Waals surface area contributed by atoms with E-state index < -0.39 is 5.97 Å². The number of aliphatic carboxylic acids is 1. The van der Waals surface area contributed by atoms with Gasteiger partial charge in [-0.15, -0.1) is 0 Å². The Morgan fingerprint density at radius 2 is 1.79 bits per heavy atom. The Morgan fingerprint density at radius 1 is 1.26 bits per heavy atom. The van der Waals surface area contributed by atoms with Gasteiger partial charge in [0.2, 0.25) is 0 Å². The smallest absolute Gasteiger partial charge is 0.307 e. The van der Waals surface area contributed by atoms with Gasteiger partial charge in [-0.3, -0.25) is 9.69 Å². The van der Waals surface area contributed by atoms with Crippen molar-refractivity contribution < 1.29 is 9.90 Å². The van der Waals surface area contributed by atoms with Gasteiger partial charge in [-0.1, -0.05) is 36.8 Å². The summed E-state index contributed by atoms with van der Waals surface area (Å²) >= 11 is 0. The fourth-order valence-corrected chi connectivity index (χ4v) is 1.90. The molecule has 0 spiro atoms. The maximum atomic E-state index is 11.0. The van der Waals surface area contributed by atoms with Crippen molar-refractivity contribution in [3.63, 3.8) is 0 Å². The van der Waals surface area contributed by atoms with Gasteiger partial charge in [0.15, 0.2) is 0 Å². The third kappa shape index (κ3) is 5.03. The number of hydrogen-bond acceptors (Lipinski definition) is 2. The molecule has 0 saturated carbocycles. The molecule has 0 fully saturated rings. The zero-order chi connectivity index (χ0) is 14.6. The SMILES string of the molecule is Cc1ccc(CN(CC(C)C(=O)O)C(C)(C)C)cc1. The zero-order valence-electron chi connectivity index (χ0n) is 12.6. The number of rotatable bonds is 5. The highest BCUT2D eigenvalue weighted by Crippen LogP contribution is 2.19. The van der Waals surface area contributed by atoms with E-state index in [9.17, 15) is 4.79 Å². The number of nitrogens with zero attached hydrogens (tertiary/aromatic N) is 1. The molecule has 1 atom stereocenters. The summed E-state index contributed by atoms with van der Waals surface area (Å²) in [4.78, 5) is 13.3. The van der Waals surface area contributed by atoms with E-state index in [4.69, 9.17) is 5.11 Å². The average Bonchev–Trinajstić information content (AvgIpc) is 2.29. The van der Waals surface area contributed by atoms with Crippen molar-refractivity contribution in [3.8, 4) is 0 Å². The highest BCUT2D eigenvalue weighted by molar-refractivity contribution is 5.69. The van der Waals surface area contributed by atoms with Gasteiger partial charge >= 0.3 is 5.97 Å². The summed E-state index contributed by atoms with van der Waals surface area (Å²) in [6.45, 7) is 11.5. The van der Waals surface area contributed by atoms with E-state index in [-0.39, 0.29) is 11.5 Å². The lowest BCUT2D eigenvalue weighted by molar-refractivity contribution is -0.142. The van der Waals surface area contributed by atoms with Crippen LogP contribution in [0.25, 0.3) is 0 Å². The Kier molecular flexibility index (Phi) is 5.12. The second kappa shape index (κ2) is 6.20. The summed E-state index contributed by atoms with van der Waals surface area (Å²) in [6, 6.07) is 8.41. The Morgan fingerprint density at radius 3 is 2.21 bits per heavy atom. The molecule has 0 aliphatic heterocycles. The number of carboxylic acid groups (broad SMARTS) is 1. The lowest BCUT2D eigenvalue weighted by Gasteiger charge is -2.36. The first-order valence-electron chi connectivity index (χ1n) is 6.73. The highest BCUT2D eigenvalue weighted by atomic mass is 16.4. The predicted octanol–water partition coefficient (Wildman–Crippen LogP) is 3.32. The van der Waals surface area contributed by atoms with Crippen LogP contribution in [0.3, 0.4) is 0 Å². The molecule has 0 radical (unpaired) electrons. The fourth-order valence-electron chi connectivity index (χ4n) is 1.90. The third-order valence-electron chi connectivity index (χ3n) is 3.36. The van der Waals surface area contributed by atoms with E-state index in [0.29, 0.717) is 6.54 Å². The number of carboxylic acids is 1. The van der Waals surface area contributed by atoms with E-state index in [1.165, 1.54) is 11.1 Å². The van der Waals surface area contributed by atoms with Crippen LogP contribution in [0.1, 0.15) is 38.8 Å². The summed E-state index contributed by atoms with van der Waals surface area (Å²) in [6.07, 6.45) is 0. The first-order chi connectivity index (χ1) is 8.70. The van der Waals surface area contributed by atoms with Crippen molar-refractivity contribution in [1.29, 1.82) is 0 Å². The molecule has 0 aliphatic carbocycles. The average molecular weight is 263 g/mol. The molecule has 0 bridgehead atoms. The summed E-state index contributed by atoms with van der Waals surface area (Å²) < 4.78 is 0. The predicted molar refractivity (Wildman–Crippen MR) is 78.1 cm³/mol. The van der Waals surface area contributed by atoms with E-state index in [1.54, 1.807) is 6.92 Å². The van der Waals surface area contributed by atoms with Crippen molar-refractivity contribution in [3.05, 3.63) is 35.4 Å². The van der Waals surface area contributed by atoms with Crippen LogP contribution in [0.5, 0.6) is 0 Å². The van der Waals surface area contributed by atoms with Crippen LogP contribution in [0.2, 0.25) is 0 Å². The van der Waals surface area contributed by atoms with Gasteiger partial charge in [0, 0.05) is 18.6 Å². The van der Waals surface area contributed by atoms with Gasteiger partial charge < -0.3 is 5.11 Å². The second-order valence-corrected chi connectivity index (χ2v) is 6.28. The number of carbonyl (C=O) groups is 1. The molecular weight excluding hydrogens is 238 g/mol. The quantitative estimate of drug-likeness (QED) is 0.886. The molecule has 0 saturated heterocycles. The van der Waals surface area contributed by atoms with Crippen LogP contribution in [-0.4, -0.2) is 28.1 Å². The lowest BCUT2D eigenvalue weighted by atomic mass is 10.0. The van der Waals surface area contributed by atoms with Crippen LogP contribution in [-0.2, 0) is 11.3 Å². The van der Waals surface area contributed by atoms with E-state index in [1.807, 2.05) is 0 Å². The largest absolute Gasteiger partial charge is 0.481 e. The Bertz CT molecular complexity index is 417. The van der Waals surface area contributed by atoms with Crippen molar-refractivity contribution in [2.24, 2.45) is 5.92 Å². The van der Waals surface area contributed by atoms with Crippen LogP contribution in [0.15, 0.2) is 24.3 Å². The Hall–Kier alpha value is -1.35. The third-order valence-corrected chi connectivity index (χ3v) is 3.36. The first kappa shape index (κ1) is 15.7. The fraction of sp³-hybridized carbons (Fsp3) is 0.562. The molecule has 19 heavy (non-hydrogen) atoms. The molecule has 0 heterocycles.